The van der Waals surface area contributed by atoms with Gasteiger partial charge in [-0.05, 0) is 51.2 Å². The quantitative estimate of drug-likeness (QED) is 0.784. The molecule has 22 heavy (non-hydrogen) atoms. The van der Waals surface area contributed by atoms with Gasteiger partial charge >= 0.3 is 0 Å². The molecule has 0 unspecified atom stereocenters. The Morgan fingerprint density at radius 1 is 1.09 bits per heavy atom. The number of nitrogens with two attached hydrogens (primary N) is 1. The Bertz CT molecular complexity index is 645. The van der Waals surface area contributed by atoms with Crippen LogP contribution in [-0.4, -0.2) is 7.11 Å². The second-order valence-corrected chi connectivity index (χ2v) is 7.12. The van der Waals surface area contributed by atoms with Crippen molar-refractivity contribution < 1.29 is 9.47 Å². The largest absolute Gasteiger partial charge is 0.497 e. The molecule has 2 N–H and O–H groups in total. The first-order valence-electron chi connectivity index (χ1n) is 7.16. The molecule has 2 aromatic rings. The predicted octanol–water partition coefficient (Wildman–Crippen LogP) is 4.92. The summed E-state index contributed by atoms with van der Waals surface area (Å²) in [5.41, 5.74) is 8.60. The van der Waals surface area contributed by atoms with E-state index >= 15 is 0 Å². The first-order chi connectivity index (χ1) is 10.3. The summed E-state index contributed by atoms with van der Waals surface area (Å²) in [6.07, 6.45) is 0. The highest BCUT2D eigenvalue weighted by Gasteiger charge is 2.22. The zero-order chi connectivity index (χ0) is 16.3. The van der Waals surface area contributed by atoms with Crippen LogP contribution in [0.2, 0.25) is 0 Å². The molecule has 0 aromatic heterocycles. The van der Waals surface area contributed by atoms with Crippen LogP contribution in [0.5, 0.6) is 11.5 Å². The lowest BCUT2D eigenvalue weighted by Crippen LogP contribution is -2.14. The van der Waals surface area contributed by atoms with Crippen molar-refractivity contribution in [1.29, 1.82) is 0 Å². The van der Waals surface area contributed by atoms with Gasteiger partial charge in [-0.15, -0.1) is 0 Å². The lowest BCUT2D eigenvalue weighted by molar-refractivity contribution is 0.294. The van der Waals surface area contributed by atoms with Gasteiger partial charge in [0.25, 0.3) is 0 Å². The van der Waals surface area contributed by atoms with Crippen molar-refractivity contribution in [2.75, 3.05) is 12.8 Å². The molecule has 0 spiro atoms. The molecule has 0 aliphatic carbocycles. The van der Waals surface area contributed by atoms with Crippen LogP contribution in [0.4, 0.5) is 5.69 Å². The predicted molar refractivity (Wildman–Crippen MR) is 94.6 cm³/mol. The highest BCUT2D eigenvalue weighted by molar-refractivity contribution is 9.10. The van der Waals surface area contributed by atoms with E-state index in [1.807, 2.05) is 36.4 Å². The lowest BCUT2D eigenvalue weighted by atomic mass is 9.86. The number of halogens is 1. The van der Waals surface area contributed by atoms with Gasteiger partial charge in [0.2, 0.25) is 0 Å². The average Bonchev–Trinajstić information content (AvgIpc) is 2.46. The van der Waals surface area contributed by atoms with Crippen molar-refractivity contribution in [3.8, 4) is 11.5 Å². The molecule has 0 aliphatic rings. The van der Waals surface area contributed by atoms with Crippen LogP contribution in [0.25, 0.3) is 0 Å². The van der Waals surface area contributed by atoms with E-state index in [2.05, 4.69) is 36.7 Å². The first kappa shape index (κ1) is 16.7. The Hall–Kier alpha value is -1.68. The molecule has 3 nitrogen and oxygen atoms in total. The molecular weight excluding hydrogens is 342 g/mol. The van der Waals surface area contributed by atoms with Crippen LogP contribution in [0, 0.1) is 0 Å². The summed E-state index contributed by atoms with van der Waals surface area (Å²) in [5, 5.41) is 0. The topological polar surface area (TPSA) is 44.5 Å². The molecule has 0 bridgehead atoms. The number of nitrogen functional groups attached to an aromatic ring is 1. The summed E-state index contributed by atoms with van der Waals surface area (Å²) in [6.45, 7) is 6.97. The minimum absolute atomic E-state index is 0.0481. The standard InChI is InChI=1S/C18H22BrNO2/c1-18(2,3)15-9-14(21-4)10-16(19)17(15)22-11-12-5-7-13(20)8-6-12/h5-10H,11,20H2,1-4H3. The van der Waals surface area contributed by atoms with Gasteiger partial charge in [-0.25, -0.2) is 0 Å². The molecule has 0 aliphatic heterocycles. The summed E-state index contributed by atoms with van der Waals surface area (Å²) in [4.78, 5) is 0. The zero-order valence-corrected chi connectivity index (χ0v) is 15.0. The van der Waals surface area contributed by atoms with Crippen LogP contribution in [0.1, 0.15) is 31.9 Å². The van der Waals surface area contributed by atoms with Gasteiger partial charge in [0.05, 0.1) is 11.6 Å². The van der Waals surface area contributed by atoms with Crippen LogP contribution < -0.4 is 15.2 Å². The summed E-state index contributed by atoms with van der Waals surface area (Å²) >= 11 is 3.59. The Morgan fingerprint density at radius 2 is 1.73 bits per heavy atom. The second-order valence-electron chi connectivity index (χ2n) is 6.27. The molecule has 4 heteroatoms. The number of hydrogen-bond donors (Lipinski definition) is 1. The summed E-state index contributed by atoms with van der Waals surface area (Å²) in [7, 11) is 1.67. The molecule has 0 saturated carbocycles. The van der Waals surface area contributed by atoms with Gasteiger partial charge in [-0.2, -0.15) is 0 Å². The van der Waals surface area contributed by atoms with Crippen LogP contribution in [0.15, 0.2) is 40.9 Å². The molecular formula is C18H22BrNO2. The van der Waals surface area contributed by atoms with E-state index in [4.69, 9.17) is 15.2 Å². The summed E-state index contributed by atoms with van der Waals surface area (Å²) < 4.78 is 12.3. The van der Waals surface area contributed by atoms with Crippen molar-refractivity contribution in [3.63, 3.8) is 0 Å². The minimum Gasteiger partial charge on any atom is -0.497 e. The van der Waals surface area contributed by atoms with Crippen molar-refractivity contribution in [2.24, 2.45) is 0 Å². The molecule has 0 radical (unpaired) electrons. The fourth-order valence-electron chi connectivity index (χ4n) is 2.16. The molecule has 2 aromatic carbocycles. The van der Waals surface area contributed by atoms with E-state index in [1.165, 1.54) is 0 Å². The number of hydrogen-bond acceptors (Lipinski definition) is 3. The van der Waals surface area contributed by atoms with E-state index < -0.39 is 0 Å². The number of methoxy groups -OCH3 is 1. The summed E-state index contributed by atoms with van der Waals surface area (Å²) in [6, 6.07) is 11.7. The minimum atomic E-state index is -0.0481. The highest BCUT2D eigenvalue weighted by Crippen LogP contribution is 2.40. The van der Waals surface area contributed by atoms with E-state index in [0.717, 1.165) is 32.8 Å². The molecule has 2 rings (SSSR count). The number of benzene rings is 2. The summed E-state index contributed by atoms with van der Waals surface area (Å²) in [5.74, 6) is 1.67. The van der Waals surface area contributed by atoms with Gasteiger partial charge in [0, 0.05) is 11.3 Å². The Labute approximate surface area is 140 Å². The van der Waals surface area contributed by atoms with Gasteiger partial charge in [0.15, 0.2) is 0 Å². The average molecular weight is 364 g/mol. The third-order valence-corrected chi connectivity index (χ3v) is 4.01. The highest BCUT2D eigenvalue weighted by atomic mass is 79.9. The van der Waals surface area contributed by atoms with Crippen LogP contribution in [0.3, 0.4) is 0 Å². The van der Waals surface area contributed by atoms with Crippen LogP contribution >= 0.6 is 15.9 Å². The smallest absolute Gasteiger partial charge is 0.137 e. The zero-order valence-electron chi connectivity index (χ0n) is 13.4. The maximum absolute atomic E-state index is 6.08. The first-order valence-corrected chi connectivity index (χ1v) is 7.96. The van der Waals surface area contributed by atoms with E-state index in [0.29, 0.717) is 6.61 Å². The van der Waals surface area contributed by atoms with E-state index in [9.17, 15) is 0 Å². The Morgan fingerprint density at radius 3 is 2.27 bits per heavy atom. The van der Waals surface area contributed by atoms with Crippen molar-refractivity contribution in [3.05, 3.63) is 52.0 Å². The Kier molecular flexibility index (Phi) is 5.01. The maximum Gasteiger partial charge on any atom is 0.137 e. The second kappa shape index (κ2) is 6.61. The monoisotopic (exact) mass is 363 g/mol. The van der Waals surface area contributed by atoms with Gasteiger partial charge in [-0.3, -0.25) is 0 Å². The lowest BCUT2D eigenvalue weighted by Gasteiger charge is -2.24. The molecule has 0 fully saturated rings. The van der Waals surface area contributed by atoms with Crippen LogP contribution in [-0.2, 0) is 12.0 Å². The maximum atomic E-state index is 6.08. The van der Waals surface area contributed by atoms with E-state index in [-0.39, 0.29) is 5.41 Å². The molecule has 0 saturated heterocycles. The van der Waals surface area contributed by atoms with Gasteiger partial charge in [0.1, 0.15) is 18.1 Å². The molecule has 0 atom stereocenters. The number of anilines is 1. The number of ether oxygens (including phenoxy) is 2. The molecule has 0 heterocycles. The Balaban J connectivity index is 2.31. The fraction of sp³-hybridized carbons (Fsp3) is 0.333. The van der Waals surface area contributed by atoms with Crippen molar-refractivity contribution in [2.45, 2.75) is 32.8 Å². The third kappa shape index (κ3) is 3.95. The normalized spacial score (nSPS) is 11.3. The van der Waals surface area contributed by atoms with Crippen molar-refractivity contribution in [1.82, 2.24) is 0 Å². The fourth-order valence-corrected chi connectivity index (χ4v) is 2.71. The van der Waals surface area contributed by atoms with Gasteiger partial charge in [-0.1, -0.05) is 32.9 Å². The third-order valence-electron chi connectivity index (χ3n) is 3.42. The molecule has 118 valence electrons. The van der Waals surface area contributed by atoms with Gasteiger partial charge < -0.3 is 15.2 Å². The molecule has 0 amide bonds. The van der Waals surface area contributed by atoms with Crippen molar-refractivity contribution >= 4 is 21.6 Å². The number of rotatable bonds is 4. The van der Waals surface area contributed by atoms with E-state index in [1.54, 1.807) is 7.11 Å². The SMILES string of the molecule is COc1cc(Br)c(OCc2ccc(N)cc2)c(C(C)(C)C)c1.